The van der Waals surface area contributed by atoms with Gasteiger partial charge < -0.3 is 20.4 Å². The topological polar surface area (TPSA) is 86.5 Å². The van der Waals surface area contributed by atoms with Crippen molar-refractivity contribution in [1.82, 2.24) is 19.6 Å². The Bertz CT molecular complexity index is 1490. The number of hydrogen-bond donors (Lipinski definition) is 2. The molecule has 1 aliphatic heterocycles. The molecule has 1 saturated carbocycles. The maximum absolute atomic E-state index is 13.1. The van der Waals surface area contributed by atoms with Crippen molar-refractivity contribution in [2.24, 2.45) is 0 Å². The Morgan fingerprint density at radius 2 is 1.82 bits per heavy atom. The van der Waals surface area contributed by atoms with E-state index in [4.69, 9.17) is 15.2 Å². The minimum Gasteiger partial charge on any atom is -0.457 e. The molecule has 2 aliphatic rings. The van der Waals surface area contributed by atoms with E-state index >= 15 is 0 Å². The van der Waals surface area contributed by atoms with E-state index in [9.17, 15) is 4.79 Å². The summed E-state index contributed by atoms with van der Waals surface area (Å²) in [5, 5.41) is 17.5. The van der Waals surface area contributed by atoms with Crippen molar-refractivity contribution in [2.75, 3.05) is 38.5 Å². The van der Waals surface area contributed by atoms with Gasteiger partial charge in [-0.25, -0.2) is 4.68 Å². The number of amides is 1. The van der Waals surface area contributed by atoms with Crippen LogP contribution in [0.3, 0.4) is 0 Å². The number of rotatable bonds is 13. The zero-order chi connectivity index (χ0) is 31.1. The number of likely N-dealkylation sites (N-methyl/N-ethyl adjacent to an activating group) is 1. The Hall–Kier alpha value is -4.17. The zero-order valence-corrected chi connectivity index (χ0v) is 26.6. The summed E-state index contributed by atoms with van der Waals surface area (Å²) in [6, 6.07) is 18.3. The number of allylic oxidation sites excluding steroid dienone is 2. The zero-order valence-electron chi connectivity index (χ0n) is 26.6. The van der Waals surface area contributed by atoms with E-state index in [1.807, 2.05) is 90.3 Å². The number of aromatic nitrogens is 2. The van der Waals surface area contributed by atoms with Gasteiger partial charge in [0.2, 0.25) is 5.91 Å². The summed E-state index contributed by atoms with van der Waals surface area (Å²) in [4.78, 5) is 17.5. The molecular weight excluding hydrogens is 548 g/mol. The number of para-hydroxylation sites is 1. The second-order valence-electron chi connectivity index (χ2n) is 11.8. The van der Waals surface area contributed by atoms with Crippen molar-refractivity contribution < 1.29 is 9.53 Å². The van der Waals surface area contributed by atoms with E-state index in [-0.39, 0.29) is 11.9 Å². The van der Waals surface area contributed by atoms with Crippen molar-refractivity contribution in [1.29, 1.82) is 5.41 Å². The van der Waals surface area contributed by atoms with Crippen molar-refractivity contribution in [3.05, 3.63) is 84.0 Å². The molecule has 2 fully saturated rings. The number of carbonyl (C=O) groups is 1. The highest BCUT2D eigenvalue weighted by atomic mass is 16.5. The Kier molecular flexibility index (Phi) is 10.3. The number of nitrogens with one attached hydrogen (secondary N) is 2. The molecule has 2 heterocycles. The third-order valence-electron chi connectivity index (χ3n) is 8.89. The van der Waals surface area contributed by atoms with Gasteiger partial charge in [0.25, 0.3) is 0 Å². The van der Waals surface area contributed by atoms with Crippen LogP contribution < -0.4 is 10.1 Å². The highest BCUT2D eigenvalue weighted by Gasteiger charge is 2.32. The molecule has 2 aromatic carbocycles. The molecule has 1 atom stereocenters. The van der Waals surface area contributed by atoms with Crippen LogP contribution in [0.5, 0.6) is 11.5 Å². The fourth-order valence-electron chi connectivity index (χ4n) is 5.95. The molecule has 2 N–H and O–H groups in total. The van der Waals surface area contributed by atoms with Gasteiger partial charge in [-0.15, -0.1) is 0 Å². The maximum atomic E-state index is 13.1. The van der Waals surface area contributed by atoms with Crippen LogP contribution in [0.2, 0.25) is 0 Å². The molecule has 1 saturated heterocycles. The summed E-state index contributed by atoms with van der Waals surface area (Å²) in [5.74, 6) is 2.36. The first-order chi connectivity index (χ1) is 21.4. The third kappa shape index (κ3) is 7.13. The van der Waals surface area contributed by atoms with Crippen molar-refractivity contribution >= 4 is 17.4 Å². The molecule has 1 amide bonds. The number of benzene rings is 2. The van der Waals surface area contributed by atoms with Gasteiger partial charge in [-0.3, -0.25) is 9.69 Å². The van der Waals surface area contributed by atoms with Gasteiger partial charge in [-0.2, -0.15) is 5.10 Å². The van der Waals surface area contributed by atoms with Gasteiger partial charge in [-0.1, -0.05) is 50.1 Å². The molecule has 3 aromatic rings. The molecule has 0 spiro atoms. The fraction of sp³-hybridized carbons (Fsp3) is 0.417. The van der Waals surface area contributed by atoms with Gasteiger partial charge >= 0.3 is 0 Å². The number of likely N-dealkylation sites (tertiary alicyclic amines) is 1. The van der Waals surface area contributed by atoms with Crippen LogP contribution in [-0.4, -0.2) is 70.5 Å². The predicted octanol–water partition coefficient (Wildman–Crippen LogP) is 7.31. The van der Waals surface area contributed by atoms with Crippen LogP contribution in [0.25, 0.3) is 11.3 Å². The molecular formula is C36H46N6O2. The number of nitrogens with zero attached hydrogens (tertiary/aromatic N) is 4. The van der Waals surface area contributed by atoms with Gasteiger partial charge in [-0.05, 0) is 81.6 Å². The van der Waals surface area contributed by atoms with E-state index in [1.54, 1.807) is 6.08 Å². The van der Waals surface area contributed by atoms with Crippen LogP contribution in [0.1, 0.15) is 64.5 Å². The minimum atomic E-state index is 0.00848. The molecule has 5 rings (SSSR count). The van der Waals surface area contributed by atoms with Crippen LogP contribution in [-0.2, 0) is 4.79 Å². The molecule has 8 heteroatoms. The Labute approximate surface area is 261 Å². The Morgan fingerprint density at radius 1 is 1.09 bits per heavy atom. The normalized spacial score (nSPS) is 17.3. The second-order valence-corrected chi connectivity index (χ2v) is 11.8. The van der Waals surface area contributed by atoms with Gasteiger partial charge in [0.15, 0.2) is 0 Å². The number of hydrogen-bond acceptors (Lipinski definition) is 6. The van der Waals surface area contributed by atoms with Crippen LogP contribution in [0.4, 0.5) is 5.82 Å². The molecule has 232 valence electrons. The smallest absolute Gasteiger partial charge is 0.246 e. The molecule has 1 aliphatic carbocycles. The maximum Gasteiger partial charge on any atom is 0.246 e. The first-order valence-corrected chi connectivity index (χ1v) is 16.0. The van der Waals surface area contributed by atoms with Crippen molar-refractivity contribution in [3.8, 4) is 22.8 Å². The monoisotopic (exact) mass is 594 g/mol. The lowest BCUT2D eigenvalue weighted by Gasteiger charge is -2.36. The van der Waals surface area contributed by atoms with Crippen LogP contribution in [0.15, 0.2) is 78.4 Å². The number of ether oxygens (including phenoxy) is 1. The van der Waals surface area contributed by atoms with Crippen LogP contribution >= 0.6 is 0 Å². The van der Waals surface area contributed by atoms with Gasteiger partial charge in [0.1, 0.15) is 23.0 Å². The molecule has 44 heavy (non-hydrogen) atoms. The number of anilines is 1. The van der Waals surface area contributed by atoms with E-state index in [0.717, 1.165) is 65.6 Å². The second kappa shape index (κ2) is 14.5. The lowest BCUT2D eigenvalue weighted by atomic mass is 9.91. The quantitative estimate of drug-likeness (QED) is 0.160. The van der Waals surface area contributed by atoms with Crippen LogP contribution in [0, 0.1) is 5.41 Å². The summed E-state index contributed by atoms with van der Waals surface area (Å²) in [6.07, 6.45) is 11.2. The highest BCUT2D eigenvalue weighted by molar-refractivity contribution is 6.14. The van der Waals surface area contributed by atoms with Crippen molar-refractivity contribution in [2.45, 2.75) is 65.0 Å². The summed E-state index contributed by atoms with van der Waals surface area (Å²) >= 11 is 0. The average Bonchev–Trinajstić information content (AvgIpc) is 3.66. The lowest BCUT2D eigenvalue weighted by molar-refractivity contribution is -0.125. The first-order valence-electron chi connectivity index (χ1n) is 16.0. The summed E-state index contributed by atoms with van der Waals surface area (Å²) < 4.78 is 8.01. The lowest BCUT2D eigenvalue weighted by Crippen LogP contribution is -2.40. The summed E-state index contributed by atoms with van der Waals surface area (Å²) in [6.45, 7) is 9.43. The van der Waals surface area contributed by atoms with E-state index < -0.39 is 0 Å². The average molecular weight is 595 g/mol. The molecule has 1 aromatic heterocycles. The predicted molar refractivity (Wildman–Crippen MR) is 179 cm³/mol. The highest BCUT2D eigenvalue weighted by Crippen LogP contribution is 2.36. The molecule has 1 unspecified atom stereocenters. The summed E-state index contributed by atoms with van der Waals surface area (Å²) in [5.41, 5.74) is 3.96. The molecule has 0 bridgehead atoms. The summed E-state index contributed by atoms with van der Waals surface area (Å²) in [7, 11) is 1.88. The van der Waals surface area contributed by atoms with Gasteiger partial charge in [0.05, 0.1) is 17.3 Å². The van der Waals surface area contributed by atoms with E-state index in [1.165, 1.54) is 19.3 Å². The van der Waals surface area contributed by atoms with Crippen molar-refractivity contribution in [3.63, 3.8) is 0 Å². The first kappa shape index (κ1) is 31.3. The Morgan fingerprint density at radius 3 is 2.45 bits per heavy atom. The SMILES string of the molecule is CCC(C)=CC(=N)c1c(-c2ccc(Oc3ccccc3)cc2)nn(C2CCN(C(=O)C=CCN(CC)C3CCC3)C2)c1NC. The minimum absolute atomic E-state index is 0.00848. The molecule has 8 nitrogen and oxygen atoms in total. The Balaban J connectivity index is 1.37. The van der Waals surface area contributed by atoms with E-state index in [0.29, 0.717) is 24.8 Å². The fourth-order valence-corrected chi connectivity index (χ4v) is 5.95. The largest absolute Gasteiger partial charge is 0.457 e. The molecule has 0 radical (unpaired) electrons. The number of carbonyl (C=O) groups excluding carboxylic acids is 1. The van der Waals surface area contributed by atoms with E-state index in [2.05, 4.69) is 24.1 Å². The third-order valence-corrected chi connectivity index (χ3v) is 8.89. The van der Waals surface area contributed by atoms with Gasteiger partial charge in [0, 0.05) is 44.4 Å². The standard InChI is InChI=1S/C36H46N6O2/c1-5-26(3)24-32(37)34-35(27-17-19-31(20-18-27)44-30-14-8-7-9-15-30)39-42(36(34)38-4)29-21-23-41(25-29)33(43)16-11-22-40(6-2)28-12-10-13-28/h7-9,11,14-20,24,28-29,37-38H,5-6,10,12-13,21-23,25H2,1-4H3.